The Balaban J connectivity index is 1.43. The summed E-state index contributed by atoms with van der Waals surface area (Å²) in [5.41, 5.74) is 2.17. The van der Waals surface area contributed by atoms with Crippen LogP contribution in [0.15, 0.2) is 55.1 Å². The number of nitriles is 1. The molecule has 3 aromatic carbocycles. The Hall–Kier alpha value is -4.30. The van der Waals surface area contributed by atoms with Gasteiger partial charge in [-0.3, -0.25) is 4.79 Å². The van der Waals surface area contributed by atoms with E-state index in [9.17, 15) is 10.1 Å². The van der Waals surface area contributed by atoms with Gasteiger partial charge in [0.25, 0.3) is 0 Å². The number of nitrogens with zero attached hydrogens (tertiary/aromatic N) is 8. The van der Waals surface area contributed by atoms with Crippen LogP contribution in [0.2, 0.25) is 10.0 Å². The molecule has 1 amide bonds. The number of amides is 1. The molecule has 2 saturated heterocycles. The van der Waals surface area contributed by atoms with Gasteiger partial charge in [-0.05, 0) is 55.6 Å². The van der Waals surface area contributed by atoms with Gasteiger partial charge in [-0.1, -0.05) is 72.2 Å². The summed E-state index contributed by atoms with van der Waals surface area (Å²) >= 11 is 13.6. The van der Waals surface area contributed by atoms with Crippen LogP contribution < -0.4 is 4.90 Å². The van der Waals surface area contributed by atoms with Crippen molar-refractivity contribution in [3.05, 3.63) is 71.0 Å². The Morgan fingerprint density at radius 2 is 1.96 bits per heavy atom. The lowest BCUT2D eigenvalue weighted by atomic mass is 9.94. The smallest absolute Gasteiger partial charge is 0.246 e. The normalized spacial score (nSPS) is 18.7. The maximum Gasteiger partial charge on any atom is 0.246 e. The number of hydrogen-bond acceptors (Lipinski definition) is 7. The van der Waals surface area contributed by atoms with Gasteiger partial charge in [-0.25, -0.2) is 14.1 Å². The summed E-state index contributed by atoms with van der Waals surface area (Å²) in [4.78, 5) is 23.6. The first-order chi connectivity index (χ1) is 22.7. The average Bonchev–Trinajstić information content (AvgIpc) is 3.50. The number of carbonyl (C=O) groups excluding carboxylic acids is 1. The molecule has 2 fully saturated rings. The number of rotatable bonds is 7. The van der Waals surface area contributed by atoms with Gasteiger partial charge < -0.3 is 14.7 Å². The minimum Gasteiger partial charge on any atom is -0.351 e. The Morgan fingerprint density at radius 1 is 1.19 bits per heavy atom. The molecule has 0 radical (unpaired) electrons. The fourth-order valence-electron chi connectivity index (χ4n) is 7.10. The van der Waals surface area contributed by atoms with Crippen molar-refractivity contribution in [1.29, 1.82) is 5.26 Å². The Morgan fingerprint density at radius 3 is 2.68 bits per heavy atom. The van der Waals surface area contributed by atoms with Crippen LogP contribution in [0.25, 0.3) is 43.8 Å². The molecule has 0 saturated carbocycles. The van der Waals surface area contributed by atoms with Gasteiger partial charge in [0, 0.05) is 53.1 Å². The minimum atomic E-state index is -0.549. The second-order valence-corrected chi connectivity index (χ2v) is 13.1. The molecule has 4 heterocycles. The number of piperidine rings is 1. The predicted molar refractivity (Wildman–Crippen MR) is 184 cm³/mol. The van der Waals surface area contributed by atoms with Gasteiger partial charge >= 0.3 is 0 Å². The van der Waals surface area contributed by atoms with Crippen molar-refractivity contribution in [3.63, 3.8) is 0 Å². The number of anilines is 1. The Labute approximate surface area is 281 Å². The molecule has 240 valence electrons. The van der Waals surface area contributed by atoms with E-state index in [0.717, 1.165) is 25.0 Å². The number of likely N-dealkylation sites (N-methyl/N-ethyl adjacent to an activating group) is 1. The number of hydrogen-bond donors (Lipinski definition) is 0. The van der Waals surface area contributed by atoms with Crippen molar-refractivity contribution >= 4 is 67.6 Å². The molecule has 9 nitrogen and oxygen atoms in total. The van der Waals surface area contributed by atoms with Crippen LogP contribution in [0.1, 0.15) is 32.2 Å². The van der Waals surface area contributed by atoms with E-state index >= 15 is 4.39 Å². The van der Waals surface area contributed by atoms with E-state index in [-0.39, 0.29) is 40.5 Å². The standard InChI is InChI=1S/C35H33Cl2FN8O/c1-4-28(47)45-15-13-22(16-21(45)12-14-39)46-34-25-17-27(37)30(24-10-6-8-20-9-7-11-26(36)29(20)24)31(38)32(25)40-35(33(34)41-42-46)44-18-23(19-44)43(3)5-2/h4,6-11,17,21-23H,1,5,12-13,15-16,18-19H2,2-3H3/t21-,22?/m1/s1. The van der Waals surface area contributed by atoms with E-state index in [0.29, 0.717) is 63.6 Å². The first-order valence-electron chi connectivity index (χ1n) is 15.7. The highest BCUT2D eigenvalue weighted by Crippen LogP contribution is 2.44. The lowest BCUT2D eigenvalue weighted by Gasteiger charge is -2.44. The van der Waals surface area contributed by atoms with Crippen molar-refractivity contribution in [3.8, 4) is 17.2 Å². The molecule has 47 heavy (non-hydrogen) atoms. The zero-order valence-corrected chi connectivity index (χ0v) is 27.6. The summed E-state index contributed by atoms with van der Waals surface area (Å²) in [6, 6.07) is 15.0. The molecular formula is C35H33Cl2FN8O. The van der Waals surface area contributed by atoms with E-state index in [1.165, 1.54) is 6.08 Å². The van der Waals surface area contributed by atoms with Crippen LogP contribution in [-0.2, 0) is 4.79 Å². The highest BCUT2D eigenvalue weighted by atomic mass is 35.5. The highest BCUT2D eigenvalue weighted by molar-refractivity contribution is 6.38. The maximum atomic E-state index is 17.1. The summed E-state index contributed by atoms with van der Waals surface area (Å²) in [5, 5.41) is 21.6. The van der Waals surface area contributed by atoms with Crippen LogP contribution in [0.3, 0.4) is 0 Å². The molecule has 0 bridgehead atoms. The third-order valence-corrected chi connectivity index (χ3v) is 10.4. The molecule has 2 aromatic heterocycles. The van der Waals surface area contributed by atoms with E-state index in [2.05, 4.69) is 46.7 Å². The number of benzene rings is 3. The molecule has 0 N–H and O–H groups in total. The molecule has 2 aliphatic heterocycles. The summed E-state index contributed by atoms with van der Waals surface area (Å²) < 4.78 is 18.9. The number of aromatic nitrogens is 4. The second-order valence-electron chi connectivity index (χ2n) is 12.3. The number of likely N-dealkylation sites (tertiary alicyclic amines) is 1. The van der Waals surface area contributed by atoms with Gasteiger partial charge in [-0.15, -0.1) is 5.10 Å². The molecule has 0 aliphatic carbocycles. The predicted octanol–water partition coefficient (Wildman–Crippen LogP) is 7.02. The van der Waals surface area contributed by atoms with E-state index < -0.39 is 5.82 Å². The van der Waals surface area contributed by atoms with Crippen molar-refractivity contribution in [2.24, 2.45) is 0 Å². The fraction of sp³-hybridized carbons (Fsp3) is 0.343. The highest BCUT2D eigenvalue weighted by Gasteiger charge is 2.36. The van der Waals surface area contributed by atoms with Crippen LogP contribution in [-0.4, -0.2) is 81.0 Å². The molecule has 2 atom stereocenters. The summed E-state index contributed by atoms with van der Waals surface area (Å²) in [7, 11) is 2.09. The van der Waals surface area contributed by atoms with Gasteiger partial charge in [0.15, 0.2) is 17.2 Å². The van der Waals surface area contributed by atoms with E-state index in [4.69, 9.17) is 28.2 Å². The second kappa shape index (κ2) is 12.4. The molecule has 2 aliphatic rings. The lowest BCUT2D eigenvalue weighted by Crippen LogP contribution is -2.58. The van der Waals surface area contributed by atoms with Gasteiger partial charge in [0.2, 0.25) is 5.91 Å². The van der Waals surface area contributed by atoms with Crippen LogP contribution in [0.5, 0.6) is 0 Å². The zero-order chi connectivity index (χ0) is 33.0. The number of carbonyl (C=O) groups is 1. The first kappa shape index (κ1) is 31.3. The Kier molecular flexibility index (Phi) is 8.25. The molecule has 7 rings (SSSR count). The summed E-state index contributed by atoms with van der Waals surface area (Å²) in [6.45, 7) is 8.53. The number of fused-ring (bicyclic) bond motifs is 4. The minimum absolute atomic E-state index is 0.166. The SMILES string of the molecule is C=CC(=O)N1CCC(n2nnc3c(N4CC(N(C)CC)C4)nc4c(F)c(-c5cccc6cccc(Cl)c56)c(Cl)cc4c32)C[C@H]1CC#N. The van der Waals surface area contributed by atoms with E-state index in [1.54, 1.807) is 17.0 Å². The van der Waals surface area contributed by atoms with Gasteiger partial charge in [0.05, 0.1) is 23.6 Å². The maximum absolute atomic E-state index is 17.1. The average molecular weight is 672 g/mol. The van der Waals surface area contributed by atoms with Gasteiger partial charge in [0.1, 0.15) is 11.0 Å². The molecular weight excluding hydrogens is 638 g/mol. The third kappa shape index (κ3) is 5.17. The lowest BCUT2D eigenvalue weighted by molar-refractivity contribution is -0.130. The monoisotopic (exact) mass is 670 g/mol. The van der Waals surface area contributed by atoms with Crippen molar-refractivity contribution in [2.45, 2.75) is 44.3 Å². The third-order valence-electron chi connectivity index (χ3n) is 9.80. The van der Waals surface area contributed by atoms with Gasteiger partial charge in [-0.2, -0.15) is 5.26 Å². The number of pyridine rings is 1. The molecule has 12 heteroatoms. The van der Waals surface area contributed by atoms with E-state index in [1.807, 2.05) is 35.0 Å². The van der Waals surface area contributed by atoms with Crippen LogP contribution in [0, 0.1) is 17.1 Å². The summed E-state index contributed by atoms with van der Waals surface area (Å²) in [6.07, 6.45) is 2.52. The van der Waals surface area contributed by atoms with Crippen LogP contribution >= 0.6 is 23.2 Å². The zero-order valence-electron chi connectivity index (χ0n) is 26.1. The molecule has 0 spiro atoms. The quantitative estimate of drug-likeness (QED) is 0.172. The molecule has 1 unspecified atom stereocenters. The fourth-order valence-corrected chi connectivity index (χ4v) is 7.68. The van der Waals surface area contributed by atoms with Crippen molar-refractivity contribution < 1.29 is 9.18 Å². The van der Waals surface area contributed by atoms with Crippen molar-refractivity contribution in [2.75, 3.05) is 38.1 Å². The Bertz CT molecular complexity index is 2100. The van der Waals surface area contributed by atoms with Crippen LogP contribution in [0.4, 0.5) is 10.2 Å². The summed E-state index contributed by atoms with van der Waals surface area (Å²) in [5.74, 6) is -0.189. The molecule has 5 aromatic rings. The first-order valence-corrected chi connectivity index (χ1v) is 16.5. The topological polar surface area (TPSA) is 94.2 Å². The van der Waals surface area contributed by atoms with Crippen molar-refractivity contribution in [1.82, 2.24) is 29.8 Å². The number of halogens is 3. The largest absolute Gasteiger partial charge is 0.351 e.